The first-order valence-electron chi connectivity index (χ1n) is 6.99. The summed E-state index contributed by atoms with van der Waals surface area (Å²) in [6, 6.07) is 11.6. The minimum absolute atomic E-state index is 0.224. The van der Waals surface area contributed by atoms with Crippen LogP contribution in [0.25, 0.3) is 0 Å². The molecular formula is C18H15ClN2O. The summed E-state index contributed by atoms with van der Waals surface area (Å²) in [5, 5.41) is 9.09. The van der Waals surface area contributed by atoms with Gasteiger partial charge in [0.1, 0.15) is 11.8 Å². The van der Waals surface area contributed by atoms with E-state index in [9.17, 15) is 0 Å². The van der Waals surface area contributed by atoms with Crippen molar-refractivity contribution >= 4 is 11.6 Å². The highest BCUT2D eigenvalue weighted by Crippen LogP contribution is 2.14. The molecule has 4 heteroatoms. The molecule has 0 spiro atoms. The maximum absolute atomic E-state index is 8.76. The second-order valence-corrected chi connectivity index (χ2v) is 4.95. The average Bonchev–Trinajstić information content (AvgIpc) is 2.53. The first-order valence-corrected chi connectivity index (χ1v) is 7.37. The fourth-order valence-corrected chi connectivity index (χ4v) is 2.09. The topological polar surface area (TPSA) is 45.9 Å². The number of aromatic nitrogens is 1. The third-order valence-electron chi connectivity index (χ3n) is 2.95. The van der Waals surface area contributed by atoms with Crippen molar-refractivity contribution in [3.05, 3.63) is 58.4 Å². The molecule has 0 aliphatic carbocycles. The van der Waals surface area contributed by atoms with E-state index in [0.29, 0.717) is 11.6 Å². The molecule has 1 aromatic carbocycles. The Morgan fingerprint density at radius 3 is 2.68 bits per heavy atom. The van der Waals surface area contributed by atoms with E-state index in [1.54, 1.807) is 12.3 Å². The van der Waals surface area contributed by atoms with Gasteiger partial charge in [-0.15, -0.1) is 0 Å². The molecule has 0 saturated carbocycles. The molecule has 0 amide bonds. The van der Waals surface area contributed by atoms with Crippen molar-refractivity contribution in [2.24, 2.45) is 0 Å². The van der Waals surface area contributed by atoms with E-state index < -0.39 is 0 Å². The Bertz CT molecular complexity index is 736. The molecular weight excluding hydrogens is 296 g/mol. The quantitative estimate of drug-likeness (QED) is 0.802. The van der Waals surface area contributed by atoms with E-state index >= 15 is 0 Å². The Kier molecular flexibility index (Phi) is 5.83. The lowest BCUT2D eigenvalue weighted by Gasteiger charge is -2.03. The summed E-state index contributed by atoms with van der Waals surface area (Å²) in [6.07, 6.45) is 3.18. The SMILES string of the molecule is CCOc1ccc(CCC#Cc2cnc(C#N)c(Cl)c2)cc1. The lowest BCUT2D eigenvalue weighted by atomic mass is 10.1. The summed E-state index contributed by atoms with van der Waals surface area (Å²) in [5.41, 5.74) is 2.16. The van der Waals surface area contributed by atoms with E-state index in [1.807, 2.05) is 37.3 Å². The number of aryl methyl sites for hydroxylation is 1. The van der Waals surface area contributed by atoms with Crippen LogP contribution < -0.4 is 4.74 Å². The minimum atomic E-state index is 0.224. The Balaban J connectivity index is 1.91. The standard InChI is InChI=1S/C18H15ClN2O/c1-2-22-16-9-7-14(8-10-16)5-3-4-6-15-11-17(19)18(12-20)21-13-15/h7-11,13H,2-3,5H2,1H3. The van der Waals surface area contributed by atoms with Crippen LogP contribution >= 0.6 is 11.6 Å². The van der Waals surface area contributed by atoms with Gasteiger partial charge in [-0.25, -0.2) is 4.98 Å². The maximum atomic E-state index is 8.76. The highest BCUT2D eigenvalue weighted by molar-refractivity contribution is 6.31. The molecule has 0 unspecified atom stereocenters. The fourth-order valence-electron chi connectivity index (χ4n) is 1.88. The number of ether oxygens (including phenoxy) is 1. The van der Waals surface area contributed by atoms with Gasteiger partial charge in [-0.2, -0.15) is 5.26 Å². The Morgan fingerprint density at radius 1 is 1.27 bits per heavy atom. The van der Waals surface area contributed by atoms with Crippen LogP contribution in [0.1, 0.15) is 30.2 Å². The van der Waals surface area contributed by atoms with E-state index in [4.69, 9.17) is 21.6 Å². The zero-order chi connectivity index (χ0) is 15.8. The average molecular weight is 311 g/mol. The maximum Gasteiger partial charge on any atom is 0.159 e. The van der Waals surface area contributed by atoms with Crippen molar-refractivity contribution < 1.29 is 4.74 Å². The van der Waals surface area contributed by atoms with Crippen LogP contribution in [0.3, 0.4) is 0 Å². The number of benzene rings is 1. The summed E-state index contributed by atoms with van der Waals surface area (Å²) in [5.74, 6) is 6.98. The van der Waals surface area contributed by atoms with Crippen molar-refractivity contribution in [1.82, 2.24) is 4.98 Å². The van der Waals surface area contributed by atoms with Crippen LogP contribution in [0, 0.1) is 23.2 Å². The van der Waals surface area contributed by atoms with Gasteiger partial charge in [0.05, 0.1) is 11.6 Å². The number of nitrogens with zero attached hydrogens (tertiary/aromatic N) is 2. The monoisotopic (exact) mass is 310 g/mol. The first kappa shape index (κ1) is 15.9. The van der Waals surface area contributed by atoms with Gasteiger partial charge < -0.3 is 4.74 Å². The van der Waals surface area contributed by atoms with Gasteiger partial charge in [-0.05, 0) is 37.1 Å². The molecule has 0 aliphatic rings. The van der Waals surface area contributed by atoms with Crippen LogP contribution in [0.2, 0.25) is 5.02 Å². The fraction of sp³-hybridized carbons (Fsp3) is 0.222. The second kappa shape index (κ2) is 8.08. The summed E-state index contributed by atoms with van der Waals surface area (Å²) in [7, 11) is 0. The van der Waals surface area contributed by atoms with Gasteiger partial charge in [-0.1, -0.05) is 35.6 Å². The molecule has 0 atom stereocenters. The molecule has 1 heterocycles. The summed E-state index contributed by atoms with van der Waals surface area (Å²) < 4.78 is 5.40. The molecule has 0 fully saturated rings. The molecule has 0 radical (unpaired) electrons. The third kappa shape index (κ3) is 4.52. The molecule has 0 bridgehead atoms. The largest absolute Gasteiger partial charge is 0.494 e. The van der Waals surface area contributed by atoms with Crippen molar-refractivity contribution in [2.45, 2.75) is 19.8 Å². The molecule has 1 aromatic heterocycles. The van der Waals surface area contributed by atoms with Crippen molar-refractivity contribution in [1.29, 1.82) is 5.26 Å². The number of pyridine rings is 1. The van der Waals surface area contributed by atoms with Gasteiger partial charge in [-0.3, -0.25) is 0 Å². The van der Waals surface area contributed by atoms with Gasteiger partial charge in [0.15, 0.2) is 5.69 Å². The number of rotatable bonds is 4. The minimum Gasteiger partial charge on any atom is -0.494 e. The van der Waals surface area contributed by atoms with Crippen molar-refractivity contribution in [2.75, 3.05) is 6.61 Å². The predicted molar refractivity (Wildman–Crippen MR) is 86.8 cm³/mol. The molecule has 0 aliphatic heterocycles. The van der Waals surface area contributed by atoms with Crippen molar-refractivity contribution in [3.63, 3.8) is 0 Å². The Morgan fingerprint density at radius 2 is 2.05 bits per heavy atom. The summed E-state index contributed by atoms with van der Waals surface area (Å²) in [4.78, 5) is 3.95. The van der Waals surface area contributed by atoms with Crippen LogP contribution in [0.4, 0.5) is 0 Å². The van der Waals surface area contributed by atoms with Crippen LogP contribution in [-0.4, -0.2) is 11.6 Å². The number of hydrogen-bond donors (Lipinski definition) is 0. The lowest BCUT2D eigenvalue weighted by Crippen LogP contribution is -1.91. The van der Waals surface area contributed by atoms with E-state index in [-0.39, 0.29) is 5.69 Å². The number of hydrogen-bond acceptors (Lipinski definition) is 3. The van der Waals surface area contributed by atoms with E-state index in [2.05, 4.69) is 16.8 Å². The smallest absolute Gasteiger partial charge is 0.159 e. The molecule has 110 valence electrons. The van der Waals surface area contributed by atoms with Crippen molar-refractivity contribution in [3.8, 4) is 23.7 Å². The highest BCUT2D eigenvalue weighted by Gasteiger charge is 2.00. The second-order valence-electron chi connectivity index (χ2n) is 4.54. The lowest BCUT2D eigenvalue weighted by molar-refractivity contribution is 0.340. The molecule has 3 nitrogen and oxygen atoms in total. The first-order chi connectivity index (χ1) is 10.7. The van der Waals surface area contributed by atoms with E-state index in [1.165, 1.54) is 5.56 Å². The summed E-state index contributed by atoms with van der Waals surface area (Å²) >= 11 is 5.91. The van der Waals surface area contributed by atoms with Gasteiger partial charge >= 0.3 is 0 Å². The summed E-state index contributed by atoms with van der Waals surface area (Å²) in [6.45, 7) is 2.64. The van der Waals surface area contributed by atoms with Crippen LogP contribution in [0.5, 0.6) is 5.75 Å². The highest BCUT2D eigenvalue weighted by atomic mass is 35.5. The zero-order valence-corrected chi connectivity index (χ0v) is 13.0. The normalized spacial score (nSPS) is 9.50. The Hall–Kier alpha value is -2.49. The Labute approximate surface area is 135 Å². The van der Waals surface area contributed by atoms with Gasteiger partial charge in [0.2, 0.25) is 0 Å². The molecule has 0 saturated heterocycles. The zero-order valence-electron chi connectivity index (χ0n) is 12.3. The van der Waals surface area contributed by atoms with Crippen LogP contribution in [0.15, 0.2) is 36.5 Å². The molecule has 0 N–H and O–H groups in total. The van der Waals surface area contributed by atoms with E-state index in [0.717, 1.165) is 24.2 Å². The molecule has 2 aromatic rings. The van der Waals surface area contributed by atoms with Gasteiger partial charge in [0.25, 0.3) is 0 Å². The van der Waals surface area contributed by atoms with Crippen LogP contribution in [-0.2, 0) is 6.42 Å². The predicted octanol–water partition coefficient (Wildman–Crippen LogP) is 3.99. The third-order valence-corrected chi connectivity index (χ3v) is 3.24. The molecule has 22 heavy (non-hydrogen) atoms. The van der Waals surface area contributed by atoms with Gasteiger partial charge in [0, 0.05) is 18.2 Å². The molecule has 2 rings (SSSR count). The number of nitriles is 1. The number of halogens is 1.